The van der Waals surface area contributed by atoms with Gasteiger partial charge in [-0.15, -0.1) is 0 Å². The van der Waals surface area contributed by atoms with Crippen LogP contribution in [0, 0.1) is 0 Å². The molecule has 88 valence electrons. The van der Waals surface area contributed by atoms with Crippen LogP contribution in [0.15, 0.2) is 66.8 Å². The van der Waals surface area contributed by atoms with Gasteiger partial charge >= 0.3 is 0 Å². The molecule has 1 N–H and O–H groups in total. The van der Waals surface area contributed by atoms with Crippen molar-refractivity contribution in [3.8, 4) is 5.75 Å². The van der Waals surface area contributed by atoms with Crippen LogP contribution in [0.2, 0.25) is 0 Å². The van der Waals surface area contributed by atoms with Gasteiger partial charge in [-0.3, -0.25) is 0 Å². The van der Waals surface area contributed by atoms with E-state index in [4.69, 9.17) is 5.11 Å². The molecule has 1 aromatic rings. The molecule has 1 nitrogen and oxygen atoms in total. The molecule has 0 bridgehead atoms. The summed E-state index contributed by atoms with van der Waals surface area (Å²) < 4.78 is 0. The van der Waals surface area contributed by atoms with Crippen molar-refractivity contribution in [3.63, 3.8) is 0 Å². The van der Waals surface area contributed by atoms with Crippen LogP contribution in [-0.2, 0) is 0 Å². The molecule has 0 aliphatic heterocycles. The van der Waals surface area contributed by atoms with E-state index in [0.717, 1.165) is 17.6 Å². The SMILES string of the molecule is C=C(/C=C\C)C/C=C/C=C/c1ccc(O)cc1. The van der Waals surface area contributed by atoms with Crippen LogP contribution in [0.25, 0.3) is 6.08 Å². The van der Waals surface area contributed by atoms with Gasteiger partial charge in [0.25, 0.3) is 0 Å². The van der Waals surface area contributed by atoms with E-state index < -0.39 is 0 Å². The zero-order valence-electron chi connectivity index (χ0n) is 10.1. The standard InChI is InChI=1S/C16H18O/c1-3-7-14(2)8-5-4-6-9-15-10-12-16(17)13-11-15/h3-7,9-13,17H,2,8H2,1H3/b5-4+,7-3-,9-6+. The lowest BCUT2D eigenvalue weighted by molar-refractivity contribution is 0.475. The molecule has 0 atom stereocenters. The van der Waals surface area contributed by atoms with Crippen LogP contribution < -0.4 is 0 Å². The Labute approximate surface area is 103 Å². The van der Waals surface area contributed by atoms with Crippen LogP contribution in [0.3, 0.4) is 0 Å². The molecular formula is C16H18O. The number of aromatic hydroxyl groups is 1. The first-order chi connectivity index (χ1) is 8.22. The molecule has 0 heterocycles. The summed E-state index contributed by atoms with van der Waals surface area (Å²) >= 11 is 0. The summed E-state index contributed by atoms with van der Waals surface area (Å²) in [5, 5.41) is 9.12. The zero-order valence-corrected chi connectivity index (χ0v) is 10.1. The summed E-state index contributed by atoms with van der Waals surface area (Å²) in [6.07, 6.45) is 12.9. The maximum absolute atomic E-state index is 9.12. The zero-order chi connectivity index (χ0) is 12.5. The van der Waals surface area contributed by atoms with E-state index >= 15 is 0 Å². The third-order valence-electron chi connectivity index (χ3n) is 2.21. The molecule has 0 aliphatic rings. The van der Waals surface area contributed by atoms with Crippen LogP contribution in [0.4, 0.5) is 0 Å². The Morgan fingerprint density at radius 2 is 1.94 bits per heavy atom. The minimum absolute atomic E-state index is 0.292. The van der Waals surface area contributed by atoms with Crippen molar-refractivity contribution in [2.24, 2.45) is 0 Å². The number of phenols is 1. The van der Waals surface area contributed by atoms with E-state index in [-0.39, 0.29) is 0 Å². The Morgan fingerprint density at radius 3 is 2.59 bits per heavy atom. The average Bonchev–Trinajstić information content (AvgIpc) is 2.31. The van der Waals surface area contributed by atoms with Gasteiger partial charge in [0.1, 0.15) is 5.75 Å². The average molecular weight is 226 g/mol. The number of rotatable bonds is 5. The highest BCUT2D eigenvalue weighted by Gasteiger charge is 1.86. The monoisotopic (exact) mass is 226 g/mol. The fourth-order valence-corrected chi connectivity index (χ4v) is 1.35. The van der Waals surface area contributed by atoms with Gasteiger partial charge in [0.05, 0.1) is 0 Å². The van der Waals surface area contributed by atoms with Crippen LogP contribution in [-0.4, -0.2) is 5.11 Å². The van der Waals surface area contributed by atoms with Gasteiger partial charge in [-0.05, 0) is 31.0 Å². The summed E-state index contributed by atoms with van der Waals surface area (Å²) in [6, 6.07) is 7.10. The second kappa shape index (κ2) is 7.29. The minimum atomic E-state index is 0.292. The Kier molecular flexibility index (Phi) is 5.59. The molecule has 0 unspecified atom stereocenters. The lowest BCUT2D eigenvalue weighted by Crippen LogP contribution is -1.71. The fourth-order valence-electron chi connectivity index (χ4n) is 1.35. The highest BCUT2D eigenvalue weighted by atomic mass is 16.3. The Bertz CT molecular complexity index is 433. The number of benzene rings is 1. The molecule has 0 fully saturated rings. The molecule has 17 heavy (non-hydrogen) atoms. The van der Waals surface area contributed by atoms with Gasteiger partial charge in [0.15, 0.2) is 0 Å². The first-order valence-corrected chi connectivity index (χ1v) is 5.65. The molecule has 0 radical (unpaired) electrons. The van der Waals surface area contributed by atoms with E-state index in [1.54, 1.807) is 12.1 Å². The van der Waals surface area contributed by atoms with Crippen molar-refractivity contribution in [3.05, 3.63) is 72.4 Å². The van der Waals surface area contributed by atoms with Crippen LogP contribution in [0.5, 0.6) is 5.75 Å². The van der Waals surface area contributed by atoms with Crippen molar-refractivity contribution in [1.29, 1.82) is 0 Å². The Balaban J connectivity index is 2.42. The minimum Gasteiger partial charge on any atom is -0.508 e. The molecule has 1 rings (SSSR count). The molecule has 0 saturated carbocycles. The molecule has 1 aromatic carbocycles. The first-order valence-electron chi connectivity index (χ1n) is 5.65. The van der Waals surface area contributed by atoms with E-state index in [0.29, 0.717) is 5.75 Å². The molecule has 0 spiro atoms. The second-order valence-corrected chi connectivity index (χ2v) is 3.74. The van der Waals surface area contributed by atoms with E-state index in [1.165, 1.54) is 0 Å². The van der Waals surface area contributed by atoms with Gasteiger partial charge < -0.3 is 5.11 Å². The largest absolute Gasteiger partial charge is 0.508 e. The van der Waals surface area contributed by atoms with Crippen molar-refractivity contribution in [1.82, 2.24) is 0 Å². The summed E-state index contributed by atoms with van der Waals surface area (Å²) in [5.41, 5.74) is 2.17. The third kappa shape index (κ3) is 5.57. The maximum atomic E-state index is 9.12. The maximum Gasteiger partial charge on any atom is 0.115 e. The van der Waals surface area contributed by atoms with Crippen molar-refractivity contribution in [2.75, 3.05) is 0 Å². The van der Waals surface area contributed by atoms with E-state index in [1.807, 2.05) is 49.4 Å². The predicted octanol–water partition coefficient (Wildman–Crippen LogP) is 4.48. The van der Waals surface area contributed by atoms with E-state index in [2.05, 4.69) is 12.7 Å². The smallest absolute Gasteiger partial charge is 0.115 e. The highest BCUT2D eigenvalue weighted by Crippen LogP contribution is 2.10. The normalized spacial score (nSPS) is 11.8. The molecule has 0 saturated heterocycles. The van der Waals surface area contributed by atoms with Crippen molar-refractivity contribution in [2.45, 2.75) is 13.3 Å². The number of phenolic OH excluding ortho intramolecular Hbond substituents is 1. The number of hydrogen-bond donors (Lipinski definition) is 1. The van der Waals surface area contributed by atoms with Gasteiger partial charge in [0.2, 0.25) is 0 Å². The van der Waals surface area contributed by atoms with Crippen molar-refractivity contribution >= 4 is 6.08 Å². The lowest BCUT2D eigenvalue weighted by atomic mass is 10.2. The number of hydrogen-bond acceptors (Lipinski definition) is 1. The van der Waals surface area contributed by atoms with Crippen LogP contribution in [0.1, 0.15) is 18.9 Å². The molecule has 0 amide bonds. The molecule has 1 heteroatoms. The van der Waals surface area contributed by atoms with Gasteiger partial charge in [-0.1, -0.05) is 60.7 Å². The van der Waals surface area contributed by atoms with Crippen molar-refractivity contribution < 1.29 is 5.11 Å². The lowest BCUT2D eigenvalue weighted by Gasteiger charge is -1.93. The van der Waals surface area contributed by atoms with Gasteiger partial charge in [-0.2, -0.15) is 0 Å². The Morgan fingerprint density at radius 1 is 1.24 bits per heavy atom. The van der Waals surface area contributed by atoms with Crippen LogP contribution >= 0.6 is 0 Å². The third-order valence-corrected chi connectivity index (χ3v) is 2.21. The summed E-state index contributed by atoms with van der Waals surface area (Å²) in [4.78, 5) is 0. The van der Waals surface area contributed by atoms with Gasteiger partial charge in [-0.25, -0.2) is 0 Å². The highest BCUT2D eigenvalue weighted by molar-refractivity contribution is 5.52. The quantitative estimate of drug-likeness (QED) is 0.734. The van der Waals surface area contributed by atoms with E-state index in [9.17, 15) is 0 Å². The first kappa shape index (κ1) is 13.0. The summed E-state index contributed by atoms with van der Waals surface area (Å²) in [5.74, 6) is 0.292. The fraction of sp³-hybridized carbons (Fsp3) is 0.125. The second-order valence-electron chi connectivity index (χ2n) is 3.74. The molecular weight excluding hydrogens is 208 g/mol. The molecule has 0 aromatic heterocycles. The predicted molar refractivity (Wildman–Crippen MR) is 74.9 cm³/mol. The Hall–Kier alpha value is -2.02. The summed E-state index contributed by atoms with van der Waals surface area (Å²) in [6.45, 7) is 5.91. The van der Waals surface area contributed by atoms with Gasteiger partial charge in [0, 0.05) is 0 Å². The topological polar surface area (TPSA) is 20.2 Å². The summed E-state index contributed by atoms with van der Waals surface area (Å²) in [7, 11) is 0. The molecule has 0 aliphatic carbocycles. The number of allylic oxidation sites excluding steroid dienone is 6.